The van der Waals surface area contributed by atoms with Gasteiger partial charge in [-0.1, -0.05) is 19.8 Å². The summed E-state index contributed by atoms with van der Waals surface area (Å²) in [6, 6.07) is 0. The summed E-state index contributed by atoms with van der Waals surface area (Å²) in [5.41, 5.74) is 0.573. The summed E-state index contributed by atoms with van der Waals surface area (Å²) in [6.07, 6.45) is 7.06. The largest absolute Gasteiger partial charge is 0.316 e. The van der Waals surface area contributed by atoms with E-state index in [1.54, 1.807) is 0 Å². The lowest BCUT2D eigenvalue weighted by Crippen LogP contribution is -2.36. The second kappa shape index (κ2) is 4.63. The molecule has 0 bridgehead atoms. The first-order chi connectivity index (χ1) is 6.85. The zero-order valence-corrected chi connectivity index (χ0v) is 9.44. The highest BCUT2D eigenvalue weighted by molar-refractivity contribution is 4.88. The van der Waals surface area contributed by atoms with Crippen LogP contribution >= 0.6 is 0 Å². The number of hydrogen-bond acceptors (Lipinski definition) is 2. The first-order valence-corrected chi connectivity index (χ1v) is 6.26. The molecular formula is C12H24N2. The molecule has 0 radical (unpaired) electrons. The van der Waals surface area contributed by atoms with Gasteiger partial charge in [0.1, 0.15) is 0 Å². The molecule has 2 fully saturated rings. The standard InChI is InChI=1S/C12H24N2/c1-2-12(6-8-14-10-12)9-13-7-5-11-3-4-11/h11,13-14H,2-10H2,1H3. The van der Waals surface area contributed by atoms with Crippen LogP contribution in [-0.4, -0.2) is 26.2 Å². The van der Waals surface area contributed by atoms with Crippen molar-refractivity contribution in [3.05, 3.63) is 0 Å². The predicted molar refractivity (Wildman–Crippen MR) is 60.4 cm³/mol. The maximum absolute atomic E-state index is 3.65. The second-order valence-corrected chi connectivity index (χ2v) is 5.19. The molecule has 1 saturated carbocycles. The maximum atomic E-state index is 3.65. The van der Waals surface area contributed by atoms with Crippen molar-refractivity contribution >= 4 is 0 Å². The van der Waals surface area contributed by atoms with E-state index < -0.39 is 0 Å². The molecule has 0 amide bonds. The van der Waals surface area contributed by atoms with E-state index in [1.807, 2.05) is 0 Å². The van der Waals surface area contributed by atoms with Crippen molar-refractivity contribution in [2.45, 2.75) is 39.0 Å². The summed E-state index contributed by atoms with van der Waals surface area (Å²) in [5.74, 6) is 1.07. The minimum Gasteiger partial charge on any atom is -0.316 e. The topological polar surface area (TPSA) is 24.1 Å². The van der Waals surface area contributed by atoms with Gasteiger partial charge in [-0.3, -0.25) is 0 Å². The fourth-order valence-electron chi connectivity index (χ4n) is 2.44. The number of rotatable bonds is 6. The molecule has 0 aromatic rings. The molecule has 2 heteroatoms. The number of hydrogen-bond donors (Lipinski definition) is 2. The van der Waals surface area contributed by atoms with Crippen molar-refractivity contribution in [2.24, 2.45) is 11.3 Å². The average Bonchev–Trinajstić information content (AvgIpc) is 2.92. The highest BCUT2D eigenvalue weighted by atomic mass is 15.0. The Morgan fingerprint density at radius 3 is 2.86 bits per heavy atom. The molecule has 0 aromatic heterocycles. The lowest BCUT2D eigenvalue weighted by Gasteiger charge is -2.26. The molecular weight excluding hydrogens is 172 g/mol. The first-order valence-electron chi connectivity index (χ1n) is 6.26. The first kappa shape index (κ1) is 10.4. The SMILES string of the molecule is CCC1(CNCCC2CC2)CCNC1. The van der Waals surface area contributed by atoms with E-state index in [0.29, 0.717) is 5.41 Å². The van der Waals surface area contributed by atoms with Gasteiger partial charge in [0.05, 0.1) is 0 Å². The van der Waals surface area contributed by atoms with E-state index in [0.717, 1.165) is 5.92 Å². The fourth-order valence-corrected chi connectivity index (χ4v) is 2.44. The lowest BCUT2D eigenvalue weighted by molar-refractivity contribution is 0.291. The van der Waals surface area contributed by atoms with Crippen LogP contribution in [0.15, 0.2) is 0 Å². The summed E-state index contributed by atoms with van der Waals surface area (Å²) >= 11 is 0. The van der Waals surface area contributed by atoms with Gasteiger partial charge < -0.3 is 10.6 Å². The number of nitrogens with one attached hydrogen (secondary N) is 2. The molecule has 1 heterocycles. The van der Waals surface area contributed by atoms with Crippen LogP contribution in [0, 0.1) is 11.3 Å². The van der Waals surface area contributed by atoms with E-state index in [-0.39, 0.29) is 0 Å². The quantitative estimate of drug-likeness (QED) is 0.633. The zero-order valence-electron chi connectivity index (χ0n) is 9.44. The molecule has 2 aliphatic rings. The van der Waals surface area contributed by atoms with Crippen LogP contribution in [0.4, 0.5) is 0 Å². The fraction of sp³-hybridized carbons (Fsp3) is 1.00. The summed E-state index contributed by atoms with van der Waals surface area (Å²) in [6.45, 7) is 7.24. The smallest absolute Gasteiger partial charge is 0.00204 e. The van der Waals surface area contributed by atoms with Gasteiger partial charge >= 0.3 is 0 Å². The van der Waals surface area contributed by atoms with Crippen LogP contribution in [0.1, 0.15) is 39.0 Å². The third-order valence-electron chi connectivity index (χ3n) is 4.01. The van der Waals surface area contributed by atoms with Crippen molar-refractivity contribution in [1.82, 2.24) is 10.6 Å². The van der Waals surface area contributed by atoms with Gasteiger partial charge in [-0.2, -0.15) is 0 Å². The Hall–Kier alpha value is -0.0800. The molecule has 82 valence electrons. The van der Waals surface area contributed by atoms with Crippen LogP contribution in [0.25, 0.3) is 0 Å². The molecule has 1 saturated heterocycles. The monoisotopic (exact) mass is 196 g/mol. The van der Waals surface area contributed by atoms with E-state index in [4.69, 9.17) is 0 Å². The van der Waals surface area contributed by atoms with Gasteiger partial charge in [-0.15, -0.1) is 0 Å². The van der Waals surface area contributed by atoms with Crippen LogP contribution in [0.3, 0.4) is 0 Å². The van der Waals surface area contributed by atoms with Crippen LogP contribution in [0.5, 0.6) is 0 Å². The summed E-state index contributed by atoms with van der Waals surface area (Å²) < 4.78 is 0. The minimum absolute atomic E-state index is 0.573. The van der Waals surface area contributed by atoms with E-state index in [1.165, 1.54) is 58.3 Å². The molecule has 14 heavy (non-hydrogen) atoms. The summed E-state index contributed by atoms with van der Waals surface area (Å²) in [5, 5.41) is 7.14. The lowest BCUT2D eigenvalue weighted by atomic mass is 9.84. The third-order valence-corrected chi connectivity index (χ3v) is 4.01. The van der Waals surface area contributed by atoms with Crippen LogP contribution in [0.2, 0.25) is 0 Å². The van der Waals surface area contributed by atoms with Crippen LogP contribution < -0.4 is 10.6 Å². The van der Waals surface area contributed by atoms with Crippen molar-refractivity contribution in [2.75, 3.05) is 26.2 Å². The Bertz CT molecular complexity index is 169. The predicted octanol–water partition coefficient (Wildman–Crippen LogP) is 1.77. The highest BCUT2D eigenvalue weighted by Gasteiger charge is 2.31. The van der Waals surface area contributed by atoms with Gasteiger partial charge in [-0.25, -0.2) is 0 Å². The molecule has 1 aliphatic heterocycles. The Labute approximate surface area is 87.8 Å². The molecule has 2 N–H and O–H groups in total. The second-order valence-electron chi connectivity index (χ2n) is 5.19. The highest BCUT2D eigenvalue weighted by Crippen LogP contribution is 2.32. The van der Waals surface area contributed by atoms with Gasteiger partial charge in [0.25, 0.3) is 0 Å². The Morgan fingerprint density at radius 2 is 2.29 bits per heavy atom. The Morgan fingerprint density at radius 1 is 1.43 bits per heavy atom. The Balaban J connectivity index is 1.61. The molecule has 2 nitrogen and oxygen atoms in total. The van der Waals surface area contributed by atoms with Crippen molar-refractivity contribution in [3.8, 4) is 0 Å². The van der Waals surface area contributed by atoms with E-state index in [2.05, 4.69) is 17.6 Å². The molecule has 1 aliphatic carbocycles. The van der Waals surface area contributed by atoms with Crippen molar-refractivity contribution < 1.29 is 0 Å². The van der Waals surface area contributed by atoms with E-state index >= 15 is 0 Å². The van der Waals surface area contributed by atoms with Gasteiger partial charge in [0.15, 0.2) is 0 Å². The van der Waals surface area contributed by atoms with Crippen LogP contribution in [-0.2, 0) is 0 Å². The average molecular weight is 196 g/mol. The van der Waals surface area contributed by atoms with Gasteiger partial charge in [-0.05, 0) is 43.7 Å². The molecule has 0 aromatic carbocycles. The van der Waals surface area contributed by atoms with Gasteiger partial charge in [0, 0.05) is 13.1 Å². The van der Waals surface area contributed by atoms with Crippen molar-refractivity contribution in [3.63, 3.8) is 0 Å². The van der Waals surface area contributed by atoms with E-state index in [9.17, 15) is 0 Å². The summed E-state index contributed by atoms with van der Waals surface area (Å²) in [7, 11) is 0. The molecule has 1 atom stereocenters. The normalized spacial score (nSPS) is 32.4. The molecule has 0 spiro atoms. The third kappa shape index (κ3) is 2.71. The molecule has 1 unspecified atom stereocenters. The maximum Gasteiger partial charge on any atom is 0.00204 e. The van der Waals surface area contributed by atoms with Crippen molar-refractivity contribution in [1.29, 1.82) is 0 Å². The Kier molecular flexibility index (Phi) is 3.45. The van der Waals surface area contributed by atoms with Gasteiger partial charge in [0.2, 0.25) is 0 Å². The minimum atomic E-state index is 0.573. The summed E-state index contributed by atoms with van der Waals surface area (Å²) in [4.78, 5) is 0. The zero-order chi connectivity index (χ0) is 9.86. The molecule has 2 rings (SSSR count).